The van der Waals surface area contributed by atoms with E-state index in [1.54, 1.807) is 12.5 Å². The molecule has 0 atom stereocenters. The molecule has 2 rings (SSSR count). The number of hydrogen-bond acceptors (Lipinski definition) is 3. The summed E-state index contributed by atoms with van der Waals surface area (Å²) in [6.07, 6.45) is 4.87. The lowest BCUT2D eigenvalue weighted by Crippen LogP contribution is -1.94. The van der Waals surface area contributed by atoms with Crippen LogP contribution >= 0.6 is 0 Å². The quantitative estimate of drug-likeness (QED) is 0.829. The second-order valence-corrected chi connectivity index (χ2v) is 3.35. The van der Waals surface area contributed by atoms with Crippen LogP contribution in [0.5, 0.6) is 0 Å². The molecule has 0 radical (unpaired) electrons. The predicted octanol–water partition coefficient (Wildman–Crippen LogP) is 2.27. The van der Waals surface area contributed by atoms with E-state index < -0.39 is 0 Å². The first-order valence-corrected chi connectivity index (χ1v) is 4.99. The van der Waals surface area contributed by atoms with Crippen LogP contribution in [0.15, 0.2) is 41.2 Å². The van der Waals surface area contributed by atoms with Crippen LogP contribution in [0, 0.1) is 0 Å². The van der Waals surface area contributed by atoms with Gasteiger partial charge in [-0.1, -0.05) is 6.07 Å². The van der Waals surface area contributed by atoms with Gasteiger partial charge in [-0.3, -0.25) is 4.98 Å². The molecule has 3 heteroatoms. The zero-order valence-corrected chi connectivity index (χ0v) is 8.39. The summed E-state index contributed by atoms with van der Waals surface area (Å²) in [5.41, 5.74) is 2.91. The molecule has 2 aromatic rings. The van der Waals surface area contributed by atoms with E-state index in [9.17, 15) is 0 Å². The predicted molar refractivity (Wildman–Crippen MR) is 57.3 cm³/mol. The Kier molecular flexibility index (Phi) is 3.15. The Bertz CT molecular complexity index is 409. The number of aliphatic hydroxyl groups is 1. The van der Waals surface area contributed by atoms with Crippen LogP contribution in [-0.2, 0) is 6.42 Å². The van der Waals surface area contributed by atoms with E-state index in [0.29, 0.717) is 0 Å². The average Bonchev–Trinajstić information content (AvgIpc) is 2.80. The van der Waals surface area contributed by atoms with Crippen LogP contribution in [0.2, 0.25) is 0 Å². The van der Waals surface area contributed by atoms with Crippen LogP contribution in [0.3, 0.4) is 0 Å². The lowest BCUT2D eigenvalue weighted by atomic mass is 10.1. The van der Waals surface area contributed by atoms with E-state index in [2.05, 4.69) is 4.98 Å². The number of furan rings is 1. The number of pyridine rings is 1. The van der Waals surface area contributed by atoms with Crippen molar-refractivity contribution in [2.24, 2.45) is 0 Å². The fourth-order valence-electron chi connectivity index (χ4n) is 1.45. The molecule has 0 spiro atoms. The van der Waals surface area contributed by atoms with Crippen LogP contribution in [-0.4, -0.2) is 16.7 Å². The molecule has 0 fully saturated rings. The highest BCUT2D eigenvalue weighted by atomic mass is 16.3. The largest absolute Gasteiger partial charge is 0.472 e. The molecule has 2 aromatic heterocycles. The topological polar surface area (TPSA) is 46.3 Å². The van der Waals surface area contributed by atoms with E-state index >= 15 is 0 Å². The maximum Gasteiger partial charge on any atom is 0.0996 e. The van der Waals surface area contributed by atoms with Crippen molar-refractivity contribution in [3.05, 3.63) is 42.5 Å². The molecule has 2 heterocycles. The molecular formula is C12H13NO2. The Morgan fingerprint density at radius 3 is 2.93 bits per heavy atom. The molecule has 0 aliphatic heterocycles. The number of aryl methyl sites for hydroxylation is 1. The monoisotopic (exact) mass is 203 g/mol. The van der Waals surface area contributed by atoms with Gasteiger partial charge in [0.05, 0.1) is 18.2 Å². The zero-order valence-electron chi connectivity index (χ0n) is 8.39. The van der Waals surface area contributed by atoms with Crippen molar-refractivity contribution >= 4 is 0 Å². The number of aromatic nitrogens is 1. The maximum absolute atomic E-state index is 8.74. The Morgan fingerprint density at radius 2 is 2.20 bits per heavy atom. The number of rotatable bonds is 4. The summed E-state index contributed by atoms with van der Waals surface area (Å²) >= 11 is 0. The van der Waals surface area contributed by atoms with E-state index in [-0.39, 0.29) is 6.61 Å². The first-order chi connectivity index (χ1) is 7.40. The molecule has 0 saturated carbocycles. The fraction of sp³-hybridized carbons (Fsp3) is 0.250. The molecular weight excluding hydrogens is 190 g/mol. The molecule has 0 aromatic carbocycles. The highest BCUT2D eigenvalue weighted by Gasteiger charge is 2.01. The van der Waals surface area contributed by atoms with Gasteiger partial charge in [0.2, 0.25) is 0 Å². The number of nitrogens with zero attached hydrogens (tertiary/aromatic N) is 1. The molecule has 0 unspecified atom stereocenters. The highest BCUT2D eigenvalue weighted by molar-refractivity contribution is 5.57. The Hall–Kier alpha value is -1.61. The van der Waals surface area contributed by atoms with Gasteiger partial charge >= 0.3 is 0 Å². The molecule has 0 amide bonds. The molecule has 15 heavy (non-hydrogen) atoms. The van der Waals surface area contributed by atoms with Gasteiger partial charge in [0.15, 0.2) is 0 Å². The van der Waals surface area contributed by atoms with Crippen LogP contribution in [0.1, 0.15) is 12.1 Å². The summed E-state index contributed by atoms with van der Waals surface area (Å²) in [5, 5.41) is 8.74. The van der Waals surface area contributed by atoms with Gasteiger partial charge in [-0.25, -0.2) is 0 Å². The van der Waals surface area contributed by atoms with Gasteiger partial charge in [-0.2, -0.15) is 0 Å². The summed E-state index contributed by atoms with van der Waals surface area (Å²) in [6.45, 7) is 0.206. The van der Waals surface area contributed by atoms with E-state index in [4.69, 9.17) is 9.52 Å². The minimum Gasteiger partial charge on any atom is -0.472 e. The normalized spacial score (nSPS) is 10.5. The maximum atomic E-state index is 8.74. The minimum absolute atomic E-state index is 0.206. The molecule has 78 valence electrons. The van der Waals surface area contributed by atoms with Crippen molar-refractivity contribution in [3.63, 3.8) is 0 Å². The van der Waals surface area contributed by atoms with Crippen molar-refractivity contribution in [1.82, 2.24) is 4.98 Å². The molecule has 0 saturated heterocycles. The molecule has 0 aliphatic carbocycles. The van der Waals surface area contributed by atoms with Gasteiger partial charge in [-0.15, -0.1) is 0 Å². The summed E-state index contributed by atoms with van der Waals surface area (Å²) in [6, 6.07) is 7.78. The summed E-state index contributed by atoms with van der Waals surface area (Å²) in [4.78, 5) is 4.48. The first kappa shape index (κ1) is 9.93. The lowest BCUT2D eigenvalue weighted by molar-refractivity contribution is 0.288. The molecule has 0 bridgehead atoms. The first-order valence-electron chi connectivity index (χ1n) is 4.99. The minimum atomic E-state index is 0.206. The summed E-state index contributed by atoms with van der Waals surface area (Å²) in [5.74, 6) is 0. The Balaban J connectivity index is 2.19. The van der Waals surface area contributed by atoms with Gasteiger partial charge in [0.1, 0.15) is 0 Å². The van der Waals surface area contributed by atoms with E-state index in [0.717, 1.165) is 29.8 Å². The average molecular weight is 203 g/mol. The summed E-state index contributed by atoms with van der Waals surface area (Å²) < 4.78 is 5.01. The highest BCUT2D eigenvalue weighted by Crippen LogP contribution is 2.17. The van der Waals surface area contributed by atoms with Crippen molar-refractivity contribution in [2.75, 3.05) is 6.61 Å². The van der Waals surface area contributed by atoms with Gasteiger partial charge in [-0.05, 0) is 31.0 Å². The summed E-state index contributed by atoms with van der Waals surface area (Å²) in [7, 11) is 0. The van der Waals surface area contributed by atoms with E-state index in [1.807, 2.05) is 24.3 Å². The van der Waals surface area contributed by atoms with Crippen LogP contribution in [0.25, 0.3) is 11.3 Å². The van der Waals surface area contributed by atoms with Gasteiger partial charge in [0.25, 0.3) is 0 Å². The van der Waals surface area contributed by atoms with Crippen molar-refractivity contribution in [2.45, 2.75) is 12.8 Å². The van der Waals surface area contributed by atoms with Crippen LogP contribution in [0.4, 0.5) is 0 Å². The fourth-order valence-corrected chi connectivity index (χ4v) is 1.45. The van der Waals surface area contributed by atoms with E-state index in [1.165, 1.54) is 0 Å². The standard InChI is InChI=1S/C12H13NO2/c14-7-2-4-11-3-1-5-12(13-11)10-6-8-15-9-10/h1,3,5-6,8-9,14H,2,4,7H2. The number of hydrogen-bond donors (Lipinski definition) is 1. The molecule has 0 aliphatic rings. The zero-order chi connectivity index (χ0) is 10.5. The smallest absolute Gasteiger partial charge is 0.0996 e. The third-order valence-corrected chi connectivity index (χ3v) is 2.21. The van der Waals surface area contributed by atoms with Crippen molar-refractivity contribution in [3.8, 4) is 11.3 Å². The van der Waals surface area contributed by atoms with Gasteiger partial charge < -0.3 is 9.52 Å². The van der Waals surface area contributed by atoms with Crippen LogP contribution < -0.4 is 0 Å². The lowest BCUT2D eigenvalue weighted by Gasteiger charge is -2.01. The van der Waals surface area contributed by atoms with Crippen molar-refractivity contribution in [1.29, 1.82) is 0 Å². The SMILES string of the molecule is OCCCc1cccc(-c2ccoc2)n1. The second-order valence-electron chi connectivity index (χ2n) is 3.35. The Labute approximate surface area is 88.4 Å². The second kappa shape index (κ2) is 4.75. The van der Waals surface area contributed by atoms with Crippen molar-refractivity contribution < 1.29 is 9.52 Å². The number of aliphatic hydroxyl groups excluding tert-OH is 1. The molecule has 3 nitrogen and oxygen atoms in total. The Morgan fingerprint density at radius 1 is 1.27 bits per heavy atom. The van der Waals surface area contributed by atoms with Gasteiger partial charge in [0, 0.05) is 17.9 Å². The molecule has 1 N–H and O–H groups in total. The third kappa shape index (κ3) is 2.44. The third-order valence-electron chi connectivity index (χ3n) is 2.21.